The Balaban J connectivity index is 1.59. The Labute approximate surface area is 173 Å². The smallest absolute Gasteiger partial charge is 0.130 e. The molecule has 1 aliphatic rings. The summed E-state index contributed by atoms with van der Waals surface area (Å²) in [5.41, 5.74) is 2.08. The van der Waals surface area contributed by atoms with E-state index in [-0.39, 0.29) is 0 Å². The van der Waals surface area contributed by atoms with Gasteiger partial charge in [0.15, 0.2) is 0 Å². The zero-order valence-electron chi connectivity index (χ0n) is 16.5. The number of nitrogens with one attached hydrogen (secondary N) is 1. The molecule has 2 aromatic carbocycles. The lowest BCUT2D eigenvalue weighted by molar-refractivity contribution is 0.213. The topological polar surface area (TPSA) is 33.7 Å². The summed E-state index contributed by atoms with van der Waals surface area (Å²) in [4.78, 5) is 2.48. The molecule has 0 unspecified atom stereocenters. The second-order valence-corrected chi connectivity index (χ2v) is 7.27. The SMILES string of the molecule is COc1cccc(OCCCN2CCNCC2)c1C=CCc1ccccc1Cl. The molecule has 150 valence electrons. The van der Waals surface area contributed by atoms with Gasteiger partial charge in [0.05, 0.1) is 19.3 Å². The van der Waals surface area contributed by atoms with E-state index >= 15 is 0 Å². The molecule has 0 amide bonds. The van der Waals surface area contributed by atoms with Crippen molar-refractivity contribution in [2.75, 3.05) is 46.4 Å². The van der Waals surface area contributed by atoms with E-state index in [1.165, 1.54) is 0 Å². The number of allylic oxidation sites excluding steroid dienone is 1. The second-order valence-electron chi connectivity index (χ2n) is 6.86. The molecule has 0 spiro atoms. The molecule has 5 heteroatoms. The van der Waals surface area contributed by atoms with Crippen LogP contribution in [0.4, 0.5) is 0 Å². The summed E-state index contributed by atoms with van der Waals surface area (Å²) in [5, 5.41) is 4.17. The van der Waals surface area contributed by atoms with E-state index in [0.29, 0.717) is 6.61 Å². The van der Waals surface area contributed by atoms with Crippen LogP contribution in [0.1, 0.15) is 17.5 Å². The summed E-state index contributed by atoms with van der Waals surface area (Å²) in [7, 11) is 1.69. The Bertz CT molecular complexity index is 773. The van der Waals surface area contributed by atoms with Gasteiger partial charge in [0.2, 0.25) is 0 Å². The van der Waals surface area contributed by atoms with E-state index in [1.54, 1.807) is 7.11 Å². The van der Waals surface area contributed by atoms with E-state index < -0.39 is 0 Å². The van der Waals surface area contributed by atoms with Crippen molar-refractivity contribution in [3.05, 3.63) is 64.7 Å². The Morgan fingerprint density at radius 1 is 1.07 bits per heavy atom. The van der Waals surface area contributed by atoms with Crippen LogP contribution in [-0.4, -0.2) is 51.3 Å². The van der Waals surface area contributed by atoms with Crippen molar-refractivity contribution in [2.45, 2.75) is 12.8 Å². The highest BCUT2D eigenvalue weighted by Gasteiger charge is 2.10. The maximum atomic E-state index is 6.25. The number of halogens is 1. The van der Waals surface area contributed by atoms with Crippen molar-refractivity contribution in [3.63, 3.8) is 0 Å². The normalized spacial score (nSPS) is 15.1. The molecule has 2 aromatic rings. The van der Waals surface area contributed by atoms with Crippen molar-refractivity contribution >= 4 is 17.7 Å². The van der Waals surface area contributed by atoms with Gasteiger partial charge in [-0.05, 0) is 36.6 Å². The Kier molecular flexibility index (Phi) is 8.22. The van der Waals surface area contributed by atoms with Crippen molar-refractivity contribution < 1.29 is 9.47 Å². The van der Waals surface area contributed by atoms with Crippen molar-refractivity contribution in [3.8, 4) is 11.5 Å². The van der Waals surface area contributed by atoms with E-state index in [9.17, 15) is 0 Å². The number of hydrogen-bond acceptors (Lipinski definition) is 4. The summed E-state index contributed by atoms with van der Waals surface area (Å²) < 4.78 is 11.6. The molecule has 1 aliphatic heterocycles. The maximum absolute atomic E-state index is 6.25. The van der Waals surface area contributed by atoms with Crippen molar-refractivity contribution in [1.82, 2.24) is 10.2 Å². The summed E-state index contributed by atoms with van der Waals surface area (Å²) in [5.74, 6) is 1.67. The van der Waals surface area contributed by atoms with Gasteiger partial charge < -0.3 is 19.7 Å². The molecule has 1 saturated heterocycles. The van der Waals surface area contributed by atoms with Crippen LogP contribution in [0.5, 0.6) is 11.5 Å². The van der Waals surface area contributed by atoms with Crippen LogP contribution in [0.25, 0.3) is 6.08 Å². The molecular formula is C23H29ClN2O2. The lowest BCUT2D eigenvalue weighted by Crippen LogP contribution is -2.43. The van der Waals surface area contributed by atoms with Crippen molar-refractivity contribution in [2.24, 2.45) is 0 Å². The molecule has 0 radical (unpaired) electrons. The largest absolute Gasteiger partial charge is 0.496 e. The van der Waals surface area contributed by atoms with E-state index in [4.69, 9.17) is 21.1 Å². The minimum Gasteiger partial charge on any atom is -0.496 e. The van der Waals surface area contributed by atoms with Gasteiger partial charge in [0, 0.05) is 37.7 Å². The highest BCUT2D eigenvalue weighted by molar-refractivity contribution is 6.31. The first kappa shape index (κ1) is 20.7. The molecule has 0 aromatic heterocycles. The molecule has 1 heterocycles. The zero-order valence-corrected chi connectivity index (χ0v) is 17.3. The number of piperazine rings is 1. The Morgan fingerprint density at radius 2 is 1.86 bits per heavy atom. The van der Waals surface area contributed by atoms with Crippen LogP contribution in [0, 0.1) is 0 Å². The van der Waals surface area contributed by atoms with Crippen LogP contribution in [0.2, 0.25) is 5.02 Å². The fourth-order valence-corrected chi connectivity index (χ4v) is 3.58. The predicted octanol–water partition coefficient (Wildman–Crippen LogP) is 4.28. The average Bonchev–Trinajstić information content (AvgIpc) is 2.74. The molecule has 1 N–H and O–H groups in total. The number of ether oxygens (including phenoxy) is 2. The first-order valence-corrected chi connectivity index (χ1v) is 10.3. The number of benzene rings is 2. The third-order valence-electron chi connectivity index (χ3n) is 4.91. The van der Waals surface area contributed by atoms with Crippen LogP contribution in [0.3, 0.4) is 0 Å². The van der Waals surface area contributed by atoms with Crippen LogP contribution >= 0.6 is 11.6 Å². The Morgan fingerprint density at radius 3 is 2.64 bits per heavy atom. The average molecular weight is 401 g/mol. The summed E-state index contributed by atoms with van der Waals surface area (Å²) >= 11 is 6.25. The lowest BCUT2D eigenvalue weighted by atomic mass is 10.1. The lowest BCUT2D eigenvalue weighted by Gasteiger charge is -2.27. The molecule has 0 saturated carbocycles. The molecule has 4 nitrogen and oxygen atoms in total. The first-order valence-electron chi connectivity index (χ1n) is 9.91. The molecule has 0 aliphatic carbocycles. The molecule has 1 fully saturated rings. The quantitative estimate of drug-likeness (QED) is 0.637. The van der Waals surface area contributed by atoms with Crippen LogP contribution < -0.4 is 14.8 Å². The molecular weight excluding hydrogens is 372 g/mol. The zero-order chi connectivity index (χ0) is 19.6. The third-order valence-corrected chi connectivity index (χ3v) is 5.28. The summed E-state index contributed by atoms with van der Waals surface area (Å²) in [6.07, 6.45) is 5.95. The fourth-order valence-electron chi connectivity index (χ4n) is 3.36. The van der Waals surface area contributed by atoms with Gasteiger partial charge in [-0.2, -0.15) is 0 Å². The number of rotatable bonds is 9. The summed E-state index contributed by atoms with van der Waals surface area (Å²) in [6.45, 7) is 6.17. The highest BCUT2D eigenvalue weighted by atomic mass is 35.5. The Hall–Kier alpha value is -2.01. The van der Waals surface area contributed by atoms with Crippen LogP contribution in [-0.2, 0) is 6.42 Å². The number of methoxy groups -OCH3 is 1. The van der Waals surface area contributed by atoms with Gasteiger partial charge in [-0.15, -0.1) is 0 Å². The van der Waals surface area contributed by atoms with Gasteiger partial charge in [-0.3, -0.25) is 0 Å². The molecule has 0 bridgehead atoms. The van der Waals surface area contributed by atoms with Gasteiger partial charge in [-0.1, -0.05) is 48.0 Å². The molecule has 3 rings (SSSR count). The number of nitrogens with zero attached hydrogens (tertiary/aromatic N) is 1. The minimum absolute atomic E-state index is 0.697. The fraction of sp³-hybridized carbons (Fsp3) is 0.391. The number of hydrogen-bond donors (Lipinski definition) is 1. The highest BCUT2D eigenvalue weighted by Crippen LogP contribution is 2.30. The third kappa shape index (κ3) is 5.99. The van der Waals surface area contributed by atoms with E-state index in [0.717, 1.165) is 73.2 Å². The van der Waals surface area contributed by atoms with Gasteiger partial charge in [0.1, 0.15) is 11.5 Å². The van der Waals surface area contributed by atoms with Gasteiger partial charge >= 0.3 is 0 Å². The maximum Gasteiger partial charge on any atom is 0.130 e. The van der Waals surface area contributed by atoms with Gasteiger partial charge in [-0.25, -0.2) is 0 Å². The predicted molar refractivity (Wildman–Crippen MR) is 117 cm³/mol. The summed E-state index contributed by atoms with van der Waals surface area (Å²) in [6, 6.07) is 13.8. The van der Waals surface area contributed by atoms with Crippen molar-refractivity contribution in [1.29, 1.82) is 0 Å². The molecule has 0 atom stereocenters. The van der Waals surface area contributed by atoms with Gasteiger partial charge in [0.25, 0.3) is 0 Å². The molecule has 28 heavy (non-hydrogen) atoms. The van der Waals surface area contributed by atoms with E-state index in [1.807, 2.05) is 42.5 Å². The first-order chi connectivity index (χ1) is 13.8. The second kappa shape index (κ2) is 11.1. The standard InChI is InChI=1S/C23H29ClN2O2/c1-27-22-11-5-12-23(28-18-6-15-26-16-13-25-14-17-26)20(22)9-4-8-19-7-2-3-10-21(19)24/h2-5,7,9-12,25H,6,8,13-18H2,1H3. The van der Waals surface area contributed by atoms with Crippen LogP contribution in [0.15, 0.2) is 48.5 Å². The minimum atomic E-state index is 0.697. The van der Waals surface area contributed by atoms with E-state index in [2.05, 4.69) is 22.4 Å². The monoisotopic (exact) mass is 400 g/mol.